The summed E-state index contributed by atoms with van der Waals surface area (Å²) in [4.78, 5) is 4.76. The maximum Gasteiger partial charge on any atom is 0.115 e. The maximum absolute atomic E-state index is 10.0. The Labute approximate surface area is 179 Å². The molecule has 0 bridgehead atoms. The van der Waals surface area contributed by atoms with Crippen LogP contribution in [0.3, 0.4) is 0 Å². The Hall–Kier alpha value is -2.78. The normalized spacial score (nSPS) is 21.7. The Morgan fingerprint density at radius 1 is 0.900 bits per heavy atom. The summed E-state index contributed by atoms with van der Waals surface area (Å²) in [6.45, 7) is 2.27. The first-order chi connectivity index (χ1) is 14.6. The van der Waals surface area contributed by atoms with Gasteiger partial charge in [-0.25, -0.2) is 0 Å². The van der Waals surface area contributed by atoms with E-state index in [1.165, 1.54) is 27.9 Å². The fourth-order valence-electron chi connectivity index (χ4n) is 5.32. The number of benzene rings is 3. The summed E-state index contributed by atoms with van der Waals surface area (Å²) >= 11 is 0. The smallest absolute Gasteiger partial charge is 0.115 e. The van der Waals surface area contributed by atoms with Crippen molar-refractivity contribution in [1.29, 1.82) is 0 Å². The number of rotatable bonds is 4. The maximum atomic E-state index is 10.0. The minimum atomic E-state index is 0.311. The van der Waals surface area contributed by atoms with E-state index < -0.39 is 0 Å². The first kappa shape index (κ1) is 19.2. The predicted molar refractivity (Wildman–Crippen MR) is 124 cm³/mol. The molecule has 3 aromatic carbocycles. The number of aryl methyl sites for hydroxylation is 1. The first-order valence-electron chi connectivity index (χ1n) is 11.0. The van der Waals surface area contributed by atoms with Crippen molar-refractivity contribution >= 4 is 5.69 Å². The summed E-state index contributed by atoms with van der Waals surface area (Å²) in [5, 5.41) is 10.0. The molecule has 1 fully saturated rings. The third-order valence-electron chi connectivity index (χ3n) is 7.07. The van der Waals surface area contributed by atoms with E-state index in [-0.39, 0.29) is 0 Å². The Bertz CT molecular complexity index is 1010. The molecule has 30 heavy (non-hydrogen) atoms. The Morgan fingerprint density at radius 2 is 1.63 bits per heavy atom. The third-order valence-corrected chi connectivity index (χ3v) is 7.07. The molecular weight excluding hydrogens is 368 g/mol. The van der Waals surface area contributed by atoms with Gasteiger partial charge in [0.2, 0.25) is 0 Å². The van der Waals surface area contributed by atoms with E-state index in [0.717, 1.165) is 25.9 Å². The Morgan fingerprint density at radius 3 is 2.33 bits per heavy atom. The lowest BCUT2D eigenvalue weighted by atomic mass is 9.69. The number of aromatic hydroxyl groups is 1. The number of fused-ring (bicyclic) bond motifs is 1. The second kappa shape index (κ2) is 7.81. The SMILES string of the molecule is CN1CC(N(C)c2ccc(C3c4ccc(O)cc4CCC3c3ccccc3)cc2)C1. The number of hydrogen-bond acceptors (Lipinski definition) is 3. The lowest BCUT2D eigenvalue weighted by molar-refractivity contribution is 0.187. The molecule has 2 atom stereocenters. The van der Waals surface area contributed by atoms with E-state index in [9.17, 15) is 5.11 Å². The first-order valence-corrected chi connectivity index (χ1v) is 11.0. The molecule has 0 aromatic heterocycles. The summed E-state index contributed by atoms with van der Waals surface area (Å²) in [7, 11) is 4.38. The Kier molecular flexibility index (Phi) is 5.00. The molecule has 2 aliphatic rings. The molecule has 5 rings (SSSR count). The van der Waals surface area contributed by atoms with Crippen molar-refractivity contribution in [3.63, 3.8) is 0 Å². The number of phenolic OH excluding ortho intramolecular Hbond substituents is 1. The van der Waals surface area contributed by atoms with Crippen molar-refractivity contribution in [2.24, 2.45) is 0 Å². The monoisotopic (exact) mass is 398 g/mol. The quantitative estimate of drug-likeness (QED) is 0.670. The minimum Gasteiger partial charge on any atom is -0.508 e. The lowest BCUT2D eigenvalue weighted by Crippen LogP contribution is -2.56. The molecule has 1 aliphatic heterocycles. The van der Waals surface area contributed by atoms with Crippen LogP contribution in [0.25, 0.3) is 0 Å². The van der Waals surface area contributed by atoms with Crippen LogP contribution in [0.2, 0.25) is 0 Å². The summed E-state index contributed by atoms with van der Waals surface area (Å²) < 4.78 is 0. The van der Waals surface area contributed by atoms with Gasteiger partial charge in [-0.15, -0.1) is 0 Å². The van der Waals surface area contributed by atoms with E-state index in [2.05, 4.69) is 84.6 Å². The van der Waals surface area contributed by atoms with Crippen LogP contribution in [0, 0.1) is 0 Å². The second-order valence-electron chi connectivity index (χ2n) is 8.99. The molecule has 2 unspecified atom stereocenters. The molecular formula is C27H30N2O. The van der Waals surface area contributed by atoms with Gasteiger partial charge in [0.15, 0.2) is 0 Å². The zero-order chi connectivity index (χ0) is 20.7. The molecule has 1 heterocycles. The number of anilines is 1. The highest BCUT2D eigenvalue weighted by Crippen LogP contribution is 2.47. The summed E-state index contributed by atoms with van der Waals surface area (Å²) in [6, 6.07) is 26.6. The number of phenols is 1. The van der Waals surface area contributed by atoms with Gasteiger partial charge in [-0.3, -0.25) is 0 Å². The summed E-state index contributed by atoms with van der Waals surface area (Å²) in [5.41, 5.74) is 6.69. The van der Waals surface area contributed by atoms with E-state index in [1.807, 2.05) is 12.1 Å². The molecule has 1 saturated heterocycles. The van der Waals surface area contributed by atoms with Crippen LogP contribution in [0.5, 0.6) is 5.75 Å². The molecule has 0 radical (unpaired) electrons. The van der Waals surface area contributed by atoms with Gasteiger partial charge in [-0.2, -0.15) is 0 Å². The minimum absolute atomic E-state index is 0.311. The number of nitrogens with zero attached hydrogens (tertiary/aromatic N) is 2. The zero-order valence-corrected chi connectivity index (χ0v) is 17.8. The van der Waals surface area contributed by atoms with Gasteiger partial charge in [-0.1, -0.05) is 48.5 Å². The average Bonchev–Trinajstić information content (AvgIpc) is 2.76. The van der Waals surface area contributed by atoms with E-state index in [1.54, 1.807) is 0 Å². The number of likely N-dealkylation sites (tertiary alicyclic amines) is 1. The van der Waals surface area contributed by atoms with Crippen molar-refractivity contribution in [1.82, 2.24) is 4.90 Å². The fourth-order valence-corrected chi connectivity index (χ4v) is 5.32. The van der Waals surface area contributed by atoms with Crippen molar-refractivity contribution in [3.05, 3.63) is 95.1 Å². The molecule has 0 amide bonds. The van der Waals surface area contributed by atoms with Gasteiger partial charge in [0.25, 0.3) is 0 Å². The lowest BCUT2D eigenvalue weighted by Gasteiger charge is -2.43. The summed E-state index contributed by atoms with van der Waals surface area (Å²) in [5.74, 6) is 1.13. The highest BCUT2D eigenvalue weighted by molar-refractivity contribution is 5.53. The molecule has 1 aliphatic carbocycles. The van der Waals surface area contributed by atoms with Crippen LogP contribution >= 0.6 is 0 Å². The molecule has 0 saturated carbocycles. The highest BCUT2D eigenvalue weighted by Gasteiger charge is 2.32. The topological polar surface area (TPSA) is 26.7 Å². The molecule has 3 nitrogen and oxygen atoms in total. The van der Waals surface area contributed by atoms with Crippen LogP contribution in [0.4, 0.5) is 5.69 Å². The zero-order valence-electron chi connectivity index (χ0n) is 17.8. The molecule has 1 N–H and O–H groups in total. The van der Waals surface area contributed by atoms with Crippen LogP contribution in [0.15, 0.2) is 72.8 Å². The van der Waals surface area contributed by atoms with E-state index in [4.69, 9.17) is 0 Å². The van der Waals surface area contributed by atoms with Crippen molar-refractivity contribution < 1.29 is 5.11 Å². The van der Waals surface area contributed by atoms with Gasteiger partial charge in [-0.05, 0) is 72.3 Å². The van der Waals surface area contributed by atoms with Gasteiger partial charge < -0.3 is 14.9 Å². The number of likely N-dealkylation sites (N-methyl/N-ethyl adjacent to an activating group) is 2. The van der Waals surface area contributed by atoms with Crippen molar-refractivity contribution in [3.8, 4) is 5.75 Å². The third kappa shape index (κ3) is 3.48. The average molecular weight is 399 g/mol. The molecule has 3 heteroatoms. The standard InChI is InChI=1S/C27H30N2O/c1-28-17-23(18-28)29(2)22-11-8-20(9-12-22)27-25(19-6-4-3-5-7-19)14-10-21-16-24(30)13-15-26(21)27/h3-9,11-13,15-16,23,25,27,30H,10,14,17-18H2,1-2H3. The summed E-state index contributed by atoms with van der Waals surface area (Å²) in [6.07, 6.45) is 2.11. The van der Waals surface area contributed by atoms with Gasteiger partial charge in [0.1, 0.15) is 5.75 Å². The van der Waals surface area contributed by atoms with Crippen LogP contribution < -0.4 is 4.90 Å². The molecule has 3 aromatic rings. The van der Waals surface area contributed by atoms with Crippen LogP contribution in [0.1, 0.15) is 40.5 Å². The molecule has 0 spiro atoms. The molecule has 154 valence electrons. The van der Waals surface area contributed by atoms with Crippen molar-refractivity contribution in [2.75, 3.05) is 32.1 Å². The van der Waals surface area contributed by atoms with Gasteiger partial charge in [0.05, 0.1) is 6.04 Å². The fraction of sp³-hybridized carbons (Fsp3) is 0.333. The Balaban J connectivity index is 1.50. The predicted octanol–water partition coefficient (Wildman–Crippen LogP) is 5.00. The van der Waals surface area contributed by atoms with Crippen LogP contribution in [-0.4, -0.2) is 43.2 Å². The van der Waals surface area contributed by atoms with Crippen LogP contribution in [-0.2, 0) is 6.42 Å². The van der Waals surface area contributed by atoms with Gasteiger partial charge in [0, 0.05) is 31.7 Å². The number of hydrogen-bond donors (Lipinski definition) is 1. The highest BCUT2D eigenvalue weighted by atomic mass is 16.3. The van der Waals surface area contributed by atoms with E-state index in [0.29, 0.717) is 23.6 Å². The van der Waals surface area contributed by atoms with Gasteiger partial charge >= 0.3 is 0 Å². The van der Waals surface area contributed by atoms with E-state index >= 15 is 0 Å². The largest absolute Gasteiger partial charge is 0.508 e. The van der Waals surface area contributed by atoms with Crippen molar-refractivity contribution in [2.45, 2.75) is 30.7 Å². The second-order valence-corrected chi connectivity index (χ2v) is 8.99.